The molecule has 0 nitrogen and oxygen atoms in total. The summed E-state index contributed by atoms with van der Waals surface area (Å²) in [4.78, 5) is 0. The first-order valence-corrected chi connectivity index (χ1v) is 48.6. The summed E-state index contributed by atoms with van der Waals surface area (Å²) in [6.45, 7) is 51.2. The molecule has 0 heterocycles. The van der Waals surface area contributed by atoms with Crippen LogP contribution in [0.1, 0.15) is 134 Å². The molecule has 0 heteroatoms. The monoisotopic (exact) mass is 1800 g/mol. The van der Waals surface area contributed by atoms with Crippen LogP contribution in [0.3, 0.4) is 0 Å². The second-order valence-corrected chi connectivity index (χ2v) is 37.2. The van der Waals surface area contributed by atoms with Crippen LogP contribution in [0.25, 0.3) is 98.0 Å². The zero-order valence-electron chi connectivity index (χ0n) is 86.6. The normalized spacial score (nSPS) is 10.2. The Morgan fingerprint density at radius 1 is 0.101 bits per heavy atom. The molecule has 0 saturated carbocycles. The molecule has 0 spiro atoms. The van der Waals surface area contributed by atoms with E-state index in [1.54, 1.807) is 0 Å². The minimum atomic E-state index is 1.29. The fourth-order valence-corrected chi connectivity index (χ4v) is 16.4. The molecule has 0 amide bonds. The lowest BCUT2D eigenvalue weighted by Crippen LogP contribution is -1.85. The van der Waals surface area contributed by atoms with Crippen molar-refractivity contribution in [3.63, 3.8) is 0 Å². The molecule has 0 aliphatic carbocycles. The van der Waals surface area contributed by atoms with Crippen LogP contribution in [0, 0.1) is 166 Å². The van der Waals surface area contributed by atoms with Crippen molar-refractivity contribution in [1.82, 2.24) is 0 Å². The van der Waals surface area contributed by atoms with Gasteiger partial charge in [0.15, 0.2) is 0 Å². The molecule has 0 unspecified atom stereocenters. The summed E-state index contributed by atoms with van der Waals surface area (Å²) in [7, 11) is 0. The zero-order valence-corrected chi connectivity index (χ0v) is 86.6. The van der Waals surface area contributed by atoms with Gasteiger partial charge in [-0.05, 0) is 331 Å². The van der Waals surface area contributed by atoms with Crippen LogP contribution >= 0.6 is 0 Å². The SMILES string of the molecule is Cc1cc2ccccc2cc1C.Cc1ccc(-c2ccc(C)cc2)cc1.Cc1ccc(C)c2ccccc12.Cc1ccc(C)cc1.Cc1ccc2cc(C)ccc2c1.Cc1ccc2ccc(C)cc2c1.Cc1cccc(-c2cccc(C)c2)c1.Cc1cccc(C)c1.Cc1cccc2c(C)cccc12.Cc1cccc2cccc(C)c12.Cc1ccccc1-c1ccccc1C.Cc1ccccc1C. The Labute approximate surface area is 828 Å². The quantitative estimate of drug-likeness (QED) is 0.165. The molecular weight excluding hydrogens is 1660 g/mol. The van der Waals surface area contributed by atoms with E-state index in [1.165, 1.54) is 232 Å². The maximum absolute atomic E-state index is 2.24. The van der Waals surface area contributed by atoms with Gasteiger partial charge in [0.05, 0.1) is 0 Å². The Kier molecular flexibility index (Phi) is 40.8. The maximum atomic E-state index is 2.24. The minimum absolute atomic E-state index is 1.29. The van der Waals surface area contributed by atoms with Crippen molar-refractivity contribution < 1.29 is 0 Å². The summed E-state index contributed by atoms with van der Waals surface area (Å²) >= 11 is 0. The molecule has 696 valence electrons. The molecule has 0 aromatic heterocycles. The van der Waals surface area contributed by atoms with Crippen LogP contribution in [-0.2, 0) is 0 Å². The van der Waals surface area contributed by atoms with Gasteiger partial charge in [-0.25, -0.2) is 0 Å². The molecule has 21 aromatic rings. The summed E-state index contributed by atoms with van der Waals surface area (Å²) in [6, 6.07) is 155. The van der Waals surface area contributed by atoms with Crippen molar-refractivity contribution in [2.75, 3.05) is 0 Å². The molecule has 0 aliphatic rings. The van der Waals surface area contributed by atoms with E-state index in [0.717, 1.165) is 0 Å². The molecule has 21 aromatic carbocycles. The van der Waals surface area contributed by atoms with Crippen LogP contribution < -0.4 is 0 Å². The van der Waals surface area contributed by atoms with E-state index < -0.39 is 0 Å². The Bertz CT molecular complexity index is 6970. The van der Waals surface area contributed by atoms with Crippen molar-refractivity contribution in [2.24, 2.45) is 0 Å². The van der Waals surface area contributed by atoms with Crippen molar-refractivity contribution in [1.29, 1.82) is 0 Å². The Morgan fingerprint density at radius 2 is 0.333 bits per heavy atom. The van der Waals surface area contributed by atoms with Gasteiger partial charge in [0.2, 0.25) is 0 Å². The Morgan fingerprint density at radius 3 is 0.659 bits per heavy atom. The van der Waals surface area contributed by atoms with E-state index in [4.69, 9.17) is 0 Å². The average molecular weight is 1800 g/mol. The summed E-state index contributed by atoms with van der Waals surface area (Å²) in [5, 5.41) is 16.2. The third-order valence-electron chi connectivity index (χ3n) is 24.9. The molecule has 0 bridgehead atoms. The molecule has 0 radical (unpaired) electrons. The van der Waals surface area contributed by atoms with Crippen LogP contribution in [0.15, 0.2) is 437 Å². The standard InChI is InChI=1S/3C14H14.6C12H12.3C8H10/c1-11-3-7-13(8-4-11)14-9-5-12(2)6-10-14;1-11-5-3-7-13(9-11)14-8-4-6-12(2)10-14;1-11-7-3-5-9-13(11)14-10-6-4-8-12(14)2;1-9-3-5-12-8-10(2)4-6-11(12)7-9;1-9-3-5-11-6-4-10(2)8-12(11)7-9;1-9-5-3-8-12-10(2)6-4-7-11(9)12;1-9-5-3-7-11-8-4-6-10(2)12(9)11;1-9-7-11-5-3-4-6-12(11)8-10(9)2;1-9-7-8-10(2)12-6-4-3-5-11(9)12;1-7-3-5-8(2)6-4-7;1-7-4-3-5-8(2)6-7;1-7-5-3-4-6-8(7)2/h3*3-10H,1-2H3;6*3-8H,1-2H3;3*3-6H,1-2H3. The van der Waals surface area contributed by atoms with Crippen LogP contribution in [0.4, 0.5) is 0 Å². The minimum Gasteiger partial charge on any atom is -0.0620 e. The number of aryl methyl sites for hydroxylation is 24. The summed E-state index contributed by atoms with van der Waals surface area (Å²) < 4.78 is 0. The third-order valence-corrected chi connectivity index (χ3v) is 24.9. The first-order chi connectivity index (χ1) is 66.3. The summed E-state index contributed by atoms with van der Waals surface area (Å²) in [5.74, 6) is 0. The molecule has 0 aliphatic heterocycles. The molecule has 138 heavy (non-hydrogen) atoms. The third kappa shape index (κ3) is 33.3. The number of hydrogen-bond acceptors (Lipinski definition) is 0. The van der Waals surface area contributed by atoms with Gasteiger partial charge in [0, 0.05) is 0 Å². The lowest BCUT2D eigenvalue weighted by molar-refractivity contribution is 1.34. The predicted molar refractivity (Wildman–Crippen MR) is 612 cm³/mol. The van der Waals surface area contributed by atoms with Gasteiger partial charge in [-0.3, -0.25) is 0 Å². The van der Waals surface area contributed by atoms with Gasteiger partial charge in [-0.2, -0.15) is 0 Å². The fourth-order valence-electron chi connectivity index (χ4n) is 16.4. The number of rotatable bonds is 3. The second-order valence-electron chi connectivity index (χ2n) is 37.2. The van der Waals surface area contributed by atoms with Crippen LogP contribution in [-0.4, -0.2) is 0 Å². The highest BCUT2D eigenvalue weighted by molar-refractivity contribution is 5.91. The average Bonchev–Trinajstić information content (AvgIpc) is 0.811. The van der Waals surface area contributed by atoms with Crippen molar-refractivity contribution >= 4 is 64.6 Å². The van der Waals surface area contributed by atoms with E-state index in [0.29, 0.717) is 0 Å². The highest BCUT2D eigenvalue weighted by Crippen LogP contribution is 2.30. The molecular formula is C138H144. The highest BCUT2D eigenvalue weighted by Gasteiger charge is 2.07. The van der Waals surface area contributed by atoms with Gasteiger partial charge in [-0.15, -0.1) is 0 Å². The largest absolute Gasteiger partial charge is 0.0620 e. The van der Waals surface area contributed by atoms with Gasteiger partial charge in [0.1, 0.15) is 0 Å². The Balaban J connectivity index is 0.000000156. The van der Waals surface area contributed by atoms with Gasteiger partial charge in [-0.1, -0.05) is 504 Å². The lowest BCUT2D eigenvalue weighted by Gasteiger charge is -2.08. The highest BCUT2D eigenvalue weighted by atomic mass is 14.1. The van der Waals surface area contributed by atoms with E-state index in [-0.39, 0.29) is 0 Å². The van der Waals surface area contributed by atoms with E-state index in [9.17, 15) is 0 Å². The van der Waals surface area contributed by atoms with Gasteiger partial charge < -0.3 is 0 Å². The van der Waals surface area contributed by atoms with Gasteiger partial charge in [0.25, 0.3) is 0 Å². The summed E-state index contributed by atoms with van der Waals surface area (Å²) in [6.07, 6.45) is 0. The van der Waals surface area contributed by atoms with E-state index >= 15 is 0 Å². The number of fused-ring (bicyclic) bond motifs is 6. The first-order valence-electron chi connectivity index (χ1n) is 48.6. The second kappa shape index (κ2) is 53.5. The molecule has 0 atom stereocenters. The Hall–Kier alpha value is -14.8. The van der Waals surface area contributed by atoms with Gasteiger partial charge >= 0.3 is 0 Å². The topological polar surface area (TPSA) is 0 Å². The molecule has 0 N–H and O–H groups in total. The molecule has 21 rings (SSSR count). The van der Waals surface area contributed by atoms with Crippen molar-refractivity contribution in [3.05, 3.63) is 570 Å². The van der Waals surface area contributed by atoms with Crippen LogP contribution in [0.2, 0.25) is 0 Å². The van der Waals surface area contributed by atoms with Crippen LogP contribution in [0.5, 0.6) is 0 Å². The zero-order chi connectivity index (χ0) is 99.2. The van der Waals surface area contributed by atoms with Crippen molar-refractivity contribution in [3.8, 4) is 33.4 Å². The predicted octanol–water partition coefficient (Wildman–Crippen LogP) is 39.6. The number of hydrogen-bond donors (Lipinski definition) is 0. The smallest absolute Gasteiger partial charge is 0.0125 e. The number of benzene rings is 21. The first kappa shape index (κ1) is 105. The van der Waals surface area contributed by atoms with Crippen molar-refractivity contribution in [2.45, 2.75) is 166 Å². The maximum Gasteiger partial charge on any atom is -0.0125 e. The lowest BCUT2D eigenvalue weighted by atomic mass is 9.97. The molecule has 0 saturated heterocycles. The molecule has 0 fully saturated rings. The fraction of sp³-hybridized carbons (Fsp3) is 0.174. The van der Waals surface area contributed by atoms with E-state index in [2.05, 4.69) is 603 Å². The summed E-state index contributed by atoms with van der Waals surface area (Å²) in [5.41, 5.74) is 40.0. The van der Waals surface area contributed by atoms with E-state index in [1.807, 2.05) is 0 Å².